The molecule has 1 amide bonds. The first-order valence-electron chi connectivity index (χ1n) is 9.14. The second kappa shape index (κ2) is 7.15. The number of benzene rings is 1. The lowest BCUT2D eigenvalue weighted by Crippen LogP contribution is -2.24. The number of para-hydroxylation sites is 1. The highest BCUT2D eigenvalue weighted by atomic mass is 16.1. The molecule has 0 saturated carbocycles. The van der Waals surface area contributed by atoms with Crippen molar-refractivity contribution in [2.24, 2.45) is 7.05 Å². The smallest absolute Gasteiger partial charge is 0.272 e. The third-order valence-electron chi connectivity index (χ3n) is 4.86. The number of hydrogen-bond donors (Lipinski definition) is 1. The predicted octanol–water partition coefficient (Wildman–Crippen LogP) is 2.80. The zero-order chi connectivity index (χ0) is 17.9. The van der Waals surface area contributed by atoms with Crippen LogP contribution in [0, 0.1) is 0 Å². The molecule has 0 radical (unpaired) electrons. The van der Waals surface area contributed by atoms with Crippen molar-refractivity contribution in [3.05, 3.63) is 65.2 Å². The Balaban J connectivity index is 1.64. The van der Waals surface area contributed by atoms with Gasteiger partial charge in [-0.15, -0.1) is 0 Å². The van der Waals surface area contributed by atoms with Crippen molar-refractivity contribution < 1.29 is 4.79 Å². The number of nitrogens with one attached hydrogen (secondary N) is 1. The molecule has 2 aromatic heterocycles. The van der Waals surface area contributed by atoms with Crippen LogP contribution in [-0.4, -0.2) is 25.5 Å². The first-order valence-corrected chi connectivity index (χ1v) is 9.14. The van der Waals surface area contributed by atoms with E-state index in [4.69, 9.17) is 5.10 Å². The van der Waals surface area contributed by atoms with Crippen molar-refractivity contribution in [3.63, 3.8) is 0 Å². The van der Waals surface area contributed by atoms with Gasteiger partial charge >= 0.3 is 0 Å². The van der Waals surface area contributed by atoms with Gasteiger partial charge in [-0.2, -0.15) is 10.2 Å². The number of amides is 1. The Bertz CT molecular complexity index is 910. The molecule has 0 aliphatic heterocycles. The van der Waals surface area contributed by atoms with Gasteiger partial charge in [0.1, 0.15) is 0 Å². The summed E-state index contributed by atoms with van der Waals surface area (Å²) in [7, 11) is 1.87. The van der Waals surface area contributed by atoms with Crippen molar-refractivity contribution >= 4 is 5.91 Å². The lowest BCUT2D eigenvalue weighted by Gasteiger charge is -2.06. The molecule has 1 aliphatic rings. The highest BCUT2D eigenvalue weighted by Gasteiger charge is 2.24. The fraction of sp³-hybridized carbons (Fsp3) is 0.350. The van der Waals surface area contributed by atoms with Gasteiger partial charge in [0.25, 0.3) is 5.91 Å². The minimum Gasteiger partial charge on any atom is -0.346 e. The number of fused-ring (bicyclic) bond motifs is 1. The highest BCUT2D eigenvalue weighted by Crippen LogP contribution is 2.26. The monoisotopic (exact) mass is 349 g/mol. The minimum atomic E-state index is -0.110. The Morgan fingerprint density at radius 1 is 1.15 bits per heavy atom. The van der Waals surface area contributed by atoms with Gasteiger partial charge in [0.05, 0.1) is 11.9 Å². The Hall–Kier alpha value is -2.89. The van der Waals surface area contributed by atoms with Gasteiger partial charge in [0, 0.05) is 36.6 Å². The second-order valence-electron chi connectivity index (χ2n) is 6.79. The number of nitrogens with zero attached hydrogens (tertiary/aromatic N) is 4. The number of carbonyl (C=O) groups is 1. The third-order valence-corrected chi connectivity index (χ3v) is 4.86. The normalized spacial score (nSPS) is 13.9. The topological polar surface area (TPSA) is 64.7 Å². The van der Waals surface area contributed by atoms with Crippen molar-refractivity contribution in [1.82, 2.24) is 24.9 Å². The zero-order valence-electron chi connectivity index (χ0n) is 15.0. The summed E-state index contributed by atoms with van der Waals surface area (Å²) in [5, 5.41) is 11.8. The highest BCUT2D eigenvalue weighted by molar-refractivity contribution is 5.94. The van der Waals surface area contributed by atoms with Crippen LogP contribution in [-0.2, 0) is 26.4 Å². The molecule has 0 atom stereocenters. The number of aromatic nitrogens is 4. The summed E-state index contributed by atoms with van der Waals surface area (Å²) in [4.78, 5) is 12.8. The summed E-state index contributed by atoms with van der Waals surface area (Å²) in [5.41, 5.74) is 4.84. The van der Waals surface area contributed by atoms with Crippen LogP contribution >= 0.6 is 0 Å². The van der Waals surface area contributed by atoms with Crippen LogP contribution < -0.4 is 5.32 Å². The lowest BCUT2D eigenvalue weighted by molar-refractivity contribution is 0.0944. The van der Waals surface area contributed by atoms with Crippen LogP contribution in [0.1, 0.15) is 46.6 Å². The minimum absolute atomic E-state index is 0.110. The average Bonchev–Trinajstić information content (AvgIpc) is 3.16. The summed E-state index contributed by atoms with van der Waals surface area (Å²) < 4.78 is 3.69. The van der Waals surface area contributed by atoms with Crippen LogP contribution in [0.4, 0.5) is 0 Å². The first-order chi connectivity index (χ1) is 12.7. The molecule has 0 saturated heterocycles. The molecule has 1 aliphatic carbocycles. The quantitative estimate of drug-likeness (QED) is 0.737. The molecule has 26 heavy (non-hydrogen) atoms. The summed E-state index contributed by atoms with van der Waals surface area (Å²) in [5.74, 6) is -0.110. The van der Waals surface area contributed by atoms with E-state index in [1.54, 1.807) is 10.9 Å². The number of carbonyl (C=O) groups excluding carboxylic acids is 1. The molecule has 2 heterocycles. The summed E-state index contributed by atoms with van der Waals surface area (Å²) in [6.07, 6.45) is 9.00. The molecule has 3 aromatic rings. The molecule has 0 unspecified atom stereocenters. The maximum Gasteiger partial charge on any atom is 0.272 e. The SMILES string of the molecule is Cn1cc(CNC(=O)c2nn(-c3ccccc3)c3c2CCCCC3)cn1. The van der Waals surface area contributed by atoms with Gasteiger partial charge in [-0.1, -0.05) is 24.6 Å². The molecule has 1 N–H and O–H groups in total. The van der Waals surface area contributed by atoms with Crippen LogP contribution in [0.25, 0.3) is 5.69 Å². The Morgan fingerprint density at radius 3 is 2.73 bits per heavy atom. The number of rotatable bonds is 4. The predicted molar refractivity (Wildman–Crippen MR) is 99.2 cm³/mol. The fourth-order valence-corrected chi connectivity index (χ4v) is 3.57. The largest absolute Gasteiger partial charge is 0.346 e. The molecule has 6 nitrogen and oxygen atoms in total. The molecule has 134 valence electrons. The van der Waals surface area contributed by atoms with Gasteiger partial charge in [-0.25, -0.2) is 4.68 Å². The van der Waals surface area contributed by atoms with Gasteiger partial charge in [0.15, 0.2) is 5.69 Å². The molecular formula is C20H23N5O. The van der Waals surface area contributed by atoms with E-state index in [-0.39, 0.29) is 5.91 Å². The average molecular weight is 349 g/mol. The molecule has 0 bridgehead atoms. The second-order valence-corrected chi connectivity index (χ2v) is 6.79. The molecule has 0 spiro atoms. The van der Waals surface area contributed by atoms with Gasteiger partial charge in [-0.3, -0.25) is 9.48 Å². The van der Waals surface area contributed by atoms with Gasteiger partial charge in [0.2, 0.25) is 0 Å². The maximum absolute atomic E-state index is 12.8. The van der Waals surface area contributed by atoms with Crippen LogP contribution in [0.5, 0.6) is 0 Å². The first kappa shape index (κ1) is 16.6. The number of hydrogen-bond acceptors (Lipinski definition) is 3. The molecule has 4 rings (SSSR count). The Kier molecular flexibility index (Phi) is 4.56. The van der Waals surface area contributed by atoms with E-state index >= 15 is 0 Å². The fourth-order valence-electron chi connectivity index (χ4n) is 3.57. The summed E-state index contributed by atoms with van der Waals surface area (Å²) in [6.45, 7) is 0.458. The van der Waals surface area contributed by atoms with E-state index in [0.29, 0.717) is 12.2 Å². The summed E-state index contributed by atoms with van der Waals surface area (Å²) >= 11 is 0. The standard InChI is InChI=1S/C20H23N5O/c1-24-14-15(13-22-24)12-21-20(26)19-17-10-6-3-7-11-18(17)25(23-19)16-8-4-2-5-9-16/h2,4-5,8-9,13-14H,3,6-7,10-12H2,1H3,(H,21,26). The Morgan fingerprint density at radius 2 is 1.96 bits per heavy atom. The number of aryl methyl sites for hydroxylation is 1. The van der Waals surface area contributed by atoms with E-state index in [1.165, 1.54) is 12.1 Å². The maximum atomic E-state index is 12.8. The van der Waals surface area contributed by atoms with Gasteiger partial charge < -0.3 is 5.32 Å². The van der Waals surface area contributed by atoms with Crippen LogP contribution in [0.15, 0.2) is 42.7 Å². The molecule has 6 heteroatoms. The van der Waals surface area contributed by atoms with Crippen LogP contribution in [0.3, 0.4) is 0 Å². The van der Waals surface area contributed by atoms with E-state index in [2.05, 4.69) is 10.4 Å². The zero-order valence-corrected chi connectivity index (χ0v) is 15.0. The van der Waals surface area contributed by atoms with Crippen molar-refractivity contribution in [1.29, 1.82) is 0 Å². The lowest BCUT2D eigenvalue weighted by atomic mass is 10.1. The van der Waals surface area contributed by atoms with Gasteiger partial charge in [-0.05, 0) is 37.8 Å². The molecule has 1 aromatic carbocycles. The van der Waals surface area contributed by atoms with Crippen LogP contribution in [0.2, 0.25) is 0 Å². The Labute approximate surface area is 152 Å². The van der Waals surface area contributed by atoms with Crippen molar-refractivity contribution in [3.8, 4) is 5.69 Å². The van der Waals surface area contributed by atoms with Crippen molar-refractivity contribution in [2.75, 3.05) is 0 Å². The van der Waals surface area contributed by atoms with Crippen molar-refractivity contribution in [2.45, 2.75) is 38.6 Å². The van der Waals surface area contributed by atoms with E-state index < -0.39 is 0 Å². The van der Waals surface area contributed by atoms with E-state index in [9.17, 15) is 4.79 Å². The molecule has 0 fully saturated rings. The summed E-state index contributed by atoms with van der Waals surface area (Å²) in [6, 6.07) is 10.1. The van der Waals surface area contributed by atoms with E-state index in [1.807, 2.05) is 48.3 Å². The molecular weight excluding hydrogens is 326 g/mol. The third kappa shape index (κ3) is 3.27. The van der Waals surface area contributed by atoms with E-state index in [0.717, 1.165) is 42.5 Å².